The average molecular weight is 276 g/mol. The lowest BCUT2D eigenvalue weighted by Crippen LogP contribution is -2.11. The van der Waals surface area contributed by atoms with E-state index in [2.05, 4.69) is 45.7 Å². The predicted octanol–water partition coefficient (Wildman–Crippen LogP) is 3.37. The predicted molar refractivity (Wildman–Crippen MR) is 82.5 cm³/mol. The van der Waals surface area contributed by atoms with Crippen LogP contribution in [-0.4, -0.2) is 14.8 Å². The maximum Gasteiger partial charge on any atom is 0.176 e. The minimum absolute atomic E-state index is 0.347. The molecule has 0 saturated heterocycles. The van der Waals surface area contributed by atoms with Gasteiger partial charge in [-0.2, -0.15) is 5.10 Å². The molecule has 3 aromatic rings. The third kappa shape index (κ3) is 2.18. The van der Waals surface area contributed by atoms with Gasteiger partial charge < -0.3 is 5.32 Å². The third-order valence-electron chi connectivity index (χ3n) is 3.97. The van der Waals surface area contributed by atoms with Crippen LogP contribution >= 0.6 is 0 Å². The molecule has 0 radical (unpaired) electrons. The van der Waals surface area contributed by atoms with Crippen molar-refractivity contribution in [1.82, 2.24) is 14.8 Å². The van der Waals surface area contributed by atoms with Crippen LogP contribution in [0.2, 0.25) is 0 Å². The molecule has 0 fully saturated rings. The number of pyridine rings is 1. The Morgan fingerprint density at radius 3 is 2.90 bits per heavy atom. The van der Waals surface area contributed by atoms with Gasteiger partial charge in [0.25, 0.3) is 0 Å². The number of nitrogens with zero attached hydrogens (tertiary/aromatic N) is 3. The maximum absolute atomic E-state index is 4.46. The molecule has 21 heavy (non-hydrogen) atoms. The summed E-state index contributed by atoms with van der Waals surface area (Å²) in [5.74, 6) is 0.840. The van der Waals surface area contributed by atoms with Crippen molar-refractivity contribution in [1.29, 1.82) is 0 Å². The molecule has 4 heteroatoms. The number of fused-ring (bicyclic) bond motifs is 1. The fourth-order valence-corrected chi connectivity index (χ4v) is 2.98. The van der Waals surface area contributed by atoms with Gasteiger partial charge in [-0.05, 0) is 42.2 Å². The average Bonchev–Trinajstić information content (AvgIpc) is 3.18. The second-order valence-electron chi connectivity index (χ2n) is 5.26. The van der Waals surface area contributed by atoms with Gasteiger partial charge in [0, 0.05) is 18.6 Å². The van der Waals surface area contributed by atoms with Crippen LogP contribution in [0, 0.1) is 0 Å². The van der Waals surface area contributed by atoms with Crippen LogP contribution in [0.25, 0.3) is 5.82 Å². The summed E-state index contributed by atoms with van der Waals surface area (Å²) in [5.41, 5.74) is 3.86. The molecule has 1 aliphatic rings. The van der Waals surface area contributed by atoms with E-state index < -0.39 is 0 Å². The number of hydrogen-bond donors (Lipinski definition) is 1. The van der Waals surface area contributed by atoms with E-state index in [-0.39, 0.29) is 0 Å². The summed E-state index contributed by atoms with van der Waals surface area (Å²) in [4.78, 5) is 4.46. The molecule has 104 valence electrons. The van der Waals surface area contributed by atoms with E-state index in [4.69, 9.17) is 0 Å². The van der Waals surface area contributed by atoms with Crippen molar-refractivity contribution in [2.45, 2.75) is 18.9 Å². The first kappa shape index (κ1) is 12.1. The lowest BCUT2D eigenvalue weighted by Gasteiger charge is -2.17. The van der Waals surface area contributed by atoms with Crippen LogP contribution in [-0.2, 0) is 6.42 Å². The van der Waals surface area contributed by atoms with Gasteiger partial charge in [0.2, 0.25) is 0 Å². The van der Waals surface area contributed by atoms with Crippen molar-refractivity contribution in [2.75, 3.05) is 5.32 Å². The summed E-state index contributed by atoms with van der Waals surface area (Å²) >= 11 is 0. The topological polar surface area (TPSA) is 42.7 Å². The van der Waals surface area contributed by atoms with Crippen LogP contribution in [0.3, 0.4) is 0 Å². The summed E-state index contributed by atoms with van der Waals surface area (Å²) in [6.45, 7) is 0. The van der Waals surface area contributed by atoms with E-state index in [1.165, 1.54) is 11.1 Å². The van der Waals surface area contributed by atoms with Crippen molar-refractivity contribution in [3.05, 3.63) is 72.2 Å². The number of benzene rings is 1. The lowest BCUT2D eigenvalue weighted by atomic mass is 10.1. The molecule has 1 unspecified atom stereocenters. The first-order valence-electron chi connectivity index (χ1n) is 7.21. The Kier molecular flexibility index (Phi) is 2.92. The highest BCUT2D eigenvalue weighted by atomic mass is 15.3. The fourth-order valence-electron chi connectivity index (χ4n) is 2.98. The highest BCUT2D eigenvalue weighted by Crippen LogP contribution is 2.34. The van der Waals surface area contributed by atoms with Gasteiger partial charge in [0.15, 0.2) is 5.82 Å². The second kappa shape index (κ2) is 5.05. The van der Waals surface area contributed by atoms with Crippen molar-refractivity contribution < 1.29 is 0 Å². The molecule has 0 spiro atoms. The first-order valence-corrected chi connectivity index (χ1v) is 7.21. The Morgan fingerprint density at radius 1 is 1.05 bits per heavy atom. The maximum atomic E-state index is 4.46. The van der Waals surface area contributed by atoms with Gasteiger partial charge in [0.1, 0.15) is 0 Å². The molecule has 0 aliphatic heterocycles. The third-order valence-corrected chi connectivity index (χ3v) is 3.97. The number of aromatic nitrogens is 3. The van der Waals surface area contributed by atoms with Crippen molar-refractivity contribution in [2.24, 2.45) is 0 Å². The van der Waals surface area contributed by atoms with E-state index >= 15 is 0 Å². The Labute approximate surface area is 123 Å². The van der Waals surface area contributed by atoms with E-state index in [0.29, 0.717) is 6.04 Å². The number of anilines is 1. The first-order chi connectivity index (χ1) is 10.4. The molecule has 4 nitrogen and oxygen atoms in total. The van der Waals surface area contributed by atoms with Crippen LogP contribution in [0.5, 0.6) is 0 Å². The zero-order valence-corrected chi connectivity index (χ0v) is 11.6. The molecule has 0 saturated carbocycles. The molecular weight excluding hydrogens is 260 g/mol. The van der Waals surface area contributed by atoms with Gasteiger partial charge in [-0.15, -0.1) is 0 Å². The molecule has 1 atom stereocenters. The van der Waals surface area contributed by atoms with Gasteiger partial charge in [-0.1, -0.05) is 24.3 Å². The van der Waals surface area contributed by atoms with E-state index in [1.807, 2.05) is 18.3 Å². The van der Waals surface area contributed by atoms with Gasteiger partial charge in [-0.3, -0.25) is 0 Å². The SMILES string of the molecule is c1ccc2c(c1)CCC2Nc1cccnc1-n1cccn1. The number of rotatable bonds is 3. The molecule has 1 aromatic carbocycles. The van der Waals surface area contributed by atoms with Crippen LogP contribution in [0.15, 0.2) is 61.1 Å². The van der Waals surface area contributed by atoms with Crippen LogP contribution < -0.4 is 5.32 Å². The minimum atomic E-state index is 0.347. The van der Waals surface area contributed by atoms with Crippen LogP contribution in [0.4, 0.5) is 5.69 Å². The van der Waals surface area contributed by atoms with Crippen molar-refractivity contribution in [3.63, 3.8) is 0 Å². The Bertz CT molecular complexity index is 749. The van der Waals surface area contributed by atoms with Crippen molar-refractivity contribution >= 4 is 5.69 Å². The van der Waals surface area contributed by atoms with Crippen LogP contribution in [0.1, 0.15) is 23.6 Å². The fraction of sp³-hybridized carbons (Fsp3) is 0.176. The van der Waals surface area contributed by atoms with Gasteiger partial charge in [0.05, 0.1) is 11.7 Å². The molecule has 0 amide bonds. The standard InChI is InChI=1S/C17H16N4/c1-2-6-14-13(5-1)8-9-15(14)20-16-7-3-10-18-17(16)21-12-4-11-19-21/h1-7,10-12,15,20H,8-9H2. The largest absolute Gasteiger partial charge is 0.375 e. The number of aryl methyl sites for hydroxylation is 1. The van der Waals surface area contributed by atoms with Gasteiger partial charge >= 0.3 is 0 Å². The molecule has 2 heterocycles. The minimum Gasteiger partial charge on any atom is -0.375 e. The second-order valence-corrected chi connectivity index (χ2v) is 5.26. The van der Waals surface area contributed by atoms with Gasteiger partial charge in [-0.25, -0.2) is 9.67 Å². The molecule has 1 aliphatic carbocycles. The number of hydrogen-bond acceptors (Lipinski definition) is 3. The molecule has 2 aromatic heterocycles. The molecular formula is C17H16N4. The monoisotopic (exact) mass is 276 g/mol. The Morgan fingerprint density at radius 2 is 2.00 bits per heavy atom. The van der Waals surface area contributed by atoms with E-state index in [0.717, 1.165) is 24.3 Å². The highest BCUT2D eigenvalue weighted by molar-refractivity contribution is 5.58. The zero-order valence-electron chi connectivity index (χ0n) is 11.6. The zero-order chi connectivity index (χ0) is 14.1. The quantitative estimate of drug-likeness (QED) is 0.797. The van der Waals surface area contributed by atoms with E-state index in [1.54, 1.807) is 17.1 Å². The van der Waals surface area contributed by atoms with Crippen molar-refractivity contribution in [3.8, 4) is 5.82 Å². The van der Waals surface area contributed by atoms with E-state index in [9.17, 15) is 0 Å². The summed E-state index contributed by atoms with van der Waals surface area (Å²) in [6.07, 6.45) is 7.72. The molecule has 1 N–H and O–H groups in total. The number of nitrogens with one attached hydrogen (secondary N) is 1. The normalized spacial score (nSPS) is 16.7. The summed E-state index contributed by atoms with van der Waals surface area (Å²) < 4.78 is 1.79. The highest BCUT2D eigenvalue weighted by Gasteiger charge is 2.22. The Hall–Kier alpha value is -2.62. The summed E-state index contributed by atoms with van der Waals surface area (Å²) in [6, 6.07) is 14.9. The summed E-state index contributed by atoms with van der Waals surface area (Å²) in [7, 11) is 0. The smallest absolute Gasteiger partial charge is 0.176 e. The Balaban J connectivity index is 1.67. The lowest BCUT2D eigenvalue weighted by molar-refractivity contribution is 0.755. The summed E-state index contributed by atoms with van der Waals surface area (Å²) in [5, 5.41) is 7.91. The molecule has 4 rings (SSSR count). The molecule has 0 bridgehead atoms.